The number of hydrogen-bond acceptors (Lipinski definition) is 3. The third kappa shape index (κ3) is 5.23. The van der Waals surface area contributed by atoms with Crippen molar-refractivity contribution < 1.29 is 14.2 Å². The Labute approximate surface area is 117 Å². The van der Waals surface area contributed by atoms with E-state index in [1.807, 2.05) is 31.2 Å². The summed E-state index contributed by atoms with van der Waals surface area (Å²) < 4.78 is 17.1. The van der Waals surface area contributed by atoms with Crippen LogP contribution in [0, 0.1) is 0 Å². The molecule has 0 fully saturated rings. The Morgan fingerprint density at radius 3 is 2.41 bits per heavy atom. The van der Waals surface area contributed by atoms with Crippen molar-refractivity contribution in [2.45, 2.75) is 13.0 Å². The molecular weight excluding hydrogens is 331 g/mol. The first-order valence-corrected chi connectivity index (χ1v) is 7.23. The van der Waals surface area contributed by atoms with E-state index in [2.05, 4.69) is 22.6 Å². The number of benzene rings is 1. The summed E-state index contributed by atoms with van der Waals surface area (Å²) in [5, 5.41) is 0. The minimum absolute atomic E-state index is 0.127. The fourth-order valence-corrected chi connectivity index (χ4v) is 2.20. The minimum Gasteiger partial charge on any atom is -0.497 e. The number of ether oxygens (including phenoxy) is 3. The van der Waals surface area contributed by atoms with Gasteiger partial charge in [0.1, 0.15) is 5.75 Å². The Morgan fingerprint density at radius 1 is 1.18 bits per heavy atom. The SMILES string of the molecule is CCOCCOC(CI)c1ccc(OC)cc1. The summed E-state index contributed by atoms with van der Waals surface area (Å²) in [5.74, 6) is 0.871. The van der Waals surface area contributed by atoms with Crippen molar-refractivity contribution in [1.82, 2.24) is 0 Å². The lowest BCUT2D eigenvalue weighted by Crippen LogP contribution is -2.11. The molecule has 1 aromatic rings. The van der Waals surface area contributed by atoms with Gasteiger partial charge < -0.3 is 14.2 Å². The van der Waals surface area contributed by atoms with Gasteiger partial charge in [0.2, 0.25) is 0 Å². The van der Waals surface area contributed by atoms with E-state index in [-0.39, 0.29) is 6.10 Å². The summed E-state index contributed by atoms with van der Waals surface area (Å²) in [5.41, 5.74) is 1.18. The minimum atomic E-state index is 0.127. The predicted octanol–water partition coefficient (Wildman–Crippen LogP) is 3.22. The van der Waals surface area contributed by atoms with Crippen LogP contribution in [0.25, 0.3) is 0 Å². The molecule has 0 heterocycles. The van der Waals surface area contributed by atoms with Crippen LogP contribution in [0.15, 0.2) is 24.3 Å². The molecule has 1 unspecified atom stereocenters. The Bertz CT molecular complexity index is 300. The zero-order valence-corrected chi connectivity index (χ0v) is 12.5. The molecule has 0 aliphatic carbocycles. The molecule has 0 radical (unpaired) electrons. The van der Waals surface area contributed by atoms with Crippen molar-refractivity contribution in [2.75, 3.05) is 31.4 Å². The van der Waals surface area contributed by atoms with Gasteiger partial charge in [0, 0.05) is 11.0 Å². The molecule has 4 heteroatoms. The number of methoxy groups -OCH3 is 1. The standard InChI is InChI=1S/C13H19IO3/c1-3-16-8-9-17-13(10-14)11-4-6-12(15-2)7-5-11/h4-7,13H,3,8-10H2,1-2H3. The van der Waals surface area contributed by atoms with Crippen LogP contribution >= 0.6 is 22.6 Å². The Kier molecular flexibility index (Phi) is 7.55. The van der Waals surface area contributed by atoms with Crippen LogP contribution in [0.3, 0.4) is 0 Å². The summed E-state index contributed by atoms with van der Waals surface area (Å²) in [6, 6.07) is 8.01. The van der Waals surface area contributed by atoms with E-state index >= 15 is 0 Å². The van der Waals surface area contributed by atoms with Gasteiger partial charge >= 0.3 is 0 Å². The first-order chi connectivity index (χ1) is 8.31. The first-order valence-electron chi connectivity index (χ1n) is 5.71. The summed E-state index contributed by atoms with van der Waals surface area (Å²) in [6.45, 7) is 4.01. The normalized spacial score (nSPS) is 12.4. The zero-order chi connectivity index (χ0) is 12.5. The fourth-order valence-electron chi connectivity index (χ4n) is 1.44. The first kappa shape index (κ1) is 14.7. The Morgan fingerprint density at radius 2 is 1.88 bits per heavy atom. The maximum atomic E-state index is 5.78. The van der Waals surface area contributed by atoms with Gasteiger partial charge in [-0.2, -0.15) is 0 Å². The van der Waals surface area contributed by atoms with Gasteiger partial charge in [-0.25, -0.2) is 0 Å². The van der Waals surface area contributed by atoms with E-state index in [1.165, 1.54) is 5.56 Å². The number of halogens is 1. The van der Waals surface area contributed by atoms with E-state index in [1.54, 1.807) is 7.11 Å². The average Bonchev–Trinajstić information content (AvgIpc) is 2.39. The molecule has 17 heavy (non-hydrogen) atoms. The van der Waals surface area contributed by atoms with Crippen LogP contribution in [-0.2, 0) is 9.47 Å². The summed E-state index contributed by atoms with van der Waals surface area (Å²) in [4.78, 5) is 0. The van der Waals surface area contributed by atoms with E-state index in [0.717, 1.165) is 16.8 Å². The van der Waals surface area contributed by atoms with Crippen molar-refractivity contribution in [3.8, 4) is 5.75 Å². The lowest BCUT2D eigenvalue weighted by Gasteiger charge is -2.16. The second-order valence-electron chi connectivity index (χ2n) is 3.48. The van der Waals surface area contributed by atoms with Gasteiger partial charge in [-0.3, -0.25) is 0 Å². The van der Waals surface area contributed by atoms with Gasteiger partial charge in [-0.05, 0) is 24.6 Å². The molecule has 1 atom stereocenters. The van der Waals surface area contributed by atoms with Gasteiger partial charge in [0.05, 0.1) is 26.4 Å². The number of rotatable bonds is 8. The average molecular weight is 350 g/mol. The Hall–Kier alpha value is -0.330. The van der Waals surface area contributed by atoms with E-state index < -0.39 is 0 Å². The highest BCUT2D eigenvalue weighted by atomic mass is 127. The van der Waals surface area contributed by atoms with Crippen molar-refractivity contribution in [3.63, 3.8) is 0 Å². The zero-order valence-electron chi connectivity index (χ0n) is 10.3. The number of alkyl halides is 1. The van der Waals surface area contributed by atoms with Gasteiger partial charge in [-0.1, -0.05) is 34.7 Å². The van der Waals surface area contributed by atoms with Crippen LogP contribution in [0.2, 0.25) is 0 Å². The van der Waals surface area contributed by atoms with Gasteiger partial charge in [0.15, 0.2) is 0 Å². The molecule has 0 aliphatic heterocycles. The Balaban J connectivity index is 2.47. The lowest BCUT2D eigenvalue weighted by molar-refractivity contribution is 0.0178. The van der Waals surface area contributed by atoms with Gasteiger partial charge in [0.25, 0.3) is 0 Å². The van der Waals surface area contributed by atoms with Crippen LogP contribution in [0.1, 0.15) is 18.6 Å². The van der Waals surface area contributed by atoms with Crippen LogP contribution in [-0.4, -0.2) is 31.4 Å². The van der Waals surface area contributed by atoms with E-state index in [0.29, 0.717) is 13.2 Å². The quantitative estimate of drug-likeness (QED) is 0.409. The molecule has 96 valence electrons. The van der Waals surface area contributed by atoms with Crippen molar-refractivity contribution in [3.05, 3.63) is 29.8 Å². The van der Waals surface area contributed by atoms with E-state index in [4.69, 9.17) is 14.2 Å². The molecule has 1 aromatic carbocycles. The molecule has 0 saturated carbocycles. The lowest BCUT2D eigenvalue weighted by atomic mass is 10.1. The second kappa shape index (κ2) is 8.72. The smallest absolute Gasteiger partial charge is 0.118 e. The highest BCUT2D eigenvalue weighted by molar-refractivity contribution is 14.1. The topological polar surface area (TPSA) is 27.7 Å². The second-order valence-corrected chi connectivity index (χ2v) is 4.36. The van der Waals surface area contributed by atoms with Crippen molar-refractivity contribution in [2.24, 2.45) is 0 Å². The molecule has 3 nitrogen and oxygen atoms in total. The summed E-state index contributed by atoms with van der Waals surface area (Å²) in [6.07, 6.45) is 0.127. The largest absolute Gasteiger partial charge is 0.497 e. The van der Waals surface area contributed by atoms with Crippen LogP contribution in [0.4, 0.5) is 0 Å². The molecule has 0 amide bonds. The molecule has 0 aromatic heterocycles. The third-order valence-corrected chi connectivity index (χ3v) is 3.18. The molecule has 1 rings (SSSR count). The fraction of sp³-hybridized carbons (Fsp3) is 0.538. The summed E-state index contributed by atoms with van der Waals surface area (Å²) >= 11 is 2.33. The third-order valence-electron chi connectivity index (χ3n) is 2.38. The van der Waals surface area contributed by atoms with Crippen LogP contribution in [0.5, 0.6) is 5.75 Å². The number of hydrogen-bond donors (Lipinski definition) is 0. The molecule has 0 saturated heterocycles. The molecule has 0 aliphatic rings. The highest BCUT2D eigenvalue weighted by Crippen LogP contribution is 2.22. The highest BCUT2D eigenvalue weighted by Gasteiger charge is 2.10. The van der Waals surface area contributed by atoms with Crippen molar-refractivity contribution >= 4 is 22.6 Å². The monoisotopic (exact) mass is 350 g/mol. The molecule has 0 N–H and O–H groups in total. The van der Waals surface area contributed by atoms with E-state index in [9.17, 15) is 0 Å². The predicted molar refractivity (Wildman–Crippen MR) is 77.1 cm³/mol. The van der Waals surface area contributed by atoms with Crippen LogP contribution < -0.4 is 4.74 Å². The molecule has 0 bridgehead atoms. The maximum Gasteiger partial charge on any atom is 0.118 e. The van der Waals surface area contributed by atoms with Gasteiger partial charge in [-0.15, -0.1) is 0 Å². The molecule has 0 spiro atoms. The maximum absolute atomic E-state index is 5.78. The summed E-state index contributed by atoms with van der Waals surface area (Å²) in [7, 11) is 1.67. The molecular formula is C13H19IO3. The van der Waals surface area contributed by atoms with Crippen molar-refractivity contribution in [1.29, 1.82) is 0 Å².